The Hall–Kier alpha value is -1.30. The van der Waals surface area contributed by atoms with Crippen molar-refractivity contribution in [2.24, 2.45) is 11.8 Å². The minimum Gasteiger partial charge on any atom is -0.480 e. The smallest absolute Gasteiger partial charge is 0.326 e. The summed E-state index contributed by atoms with van der Waals surface area (Å²) in [6.45, 7) is 5.60. The second-order valence-electron chi connectivity index (χ2n) is 5.47. The molecule has 2 N–H and O–H groups in total. The van der Waals surface area contributed by atoms with E-state index in [1.165, 1.54) is 4.90 Å². The first kappa shape index (κ1) is 15.8. The fourth-order valence-electron chi connectivity index (χ4n) is 2.18. The molecule has 0 aliphatic carbocycles. The predicted molar refractivity (Wildman–Crippen MR) is 71.0 cm³/mol. The third kappa shape index (κ3) is 5.06. The molecule has 6 heteroatoms. The van der Waals surface area contributed by atoms with Crippen molar-refractivity contribution < 1.29 is 19.4 Å². The number of hydrogen-bond acceptors (Lipinski definition) is 3. The van der Waals surface area contributed by atoms with Gasteiger partial charge in [0.15, 0.2) is 0 Å². The van der Waals surface area contributed by atoms with E-state index in [9.17, 15) is 9.59 Å². The van der Waals surface area contributed by atoms with Crippen LogP contribution >= 0.6 is 0 Å². The van der Waals surface area contributed by atoms with Crippen molar-refractivity contribution in [3.63, 3.8) is 0 Å². The van der Waals surface area contributed by atoms with Crippen LogP contribution in [0.2, 0.25) is 0 Å². The van der Waals surface area contributed by atoms with E-state index in [1.54, 1.807) is 20.9 Å². The van der Waals surface area contributed by atoms with Crippen LogP contribution in [0.15, 0.2) is 0 Å². The maximum Gasteiger partial charge on any atom is 0.326 e. The zero-order chi connectivity index (χ0) is 14.4. The third-order valence-electron chi connectivity index (χ3n) is 3.35. The standard InChI is InChI=1S/C13H24N2O4/c1-9(2)11(12(16)17)14-13(18)15(3)7-10-5-4-6-19-8-10/h9-11H,4-8H2,1-3H3,(H,14,18)(H,16,17)/t10?,11-/m1/s1. The van der Waals surface area contributed by atoms with Gasteiger partial charge in [-0.3, -0.25) is 0 Å². The molecule has 0 spiro atoms. The Labute approximate surface area is 114 Å². The van der Waals surface area contributed by atoms with Crippen molar-refractivity contribution in [3.05, 3.63) is 0 Å². The molecule has 1 fully saturated rings. The summed E-state index contributed by atoms with van der Waals surface area (Å²) in [6.07, 6.45) is 2.06. The van der Waals surface area contributed by atoms with Crippen LogP contribution in [0.5, 0.6) is 0 Å². The van der Waals surface area contributed by atoms with Gasteiger partial charge in [0.05, 0.1) is 6.61 Å². The highest BCUT2D eigenvalue weighted by Gasteiger charge is 2.26. The average Bonchev–Trinajstić information content (AvgIpc) is 2.35. The second kappa shape index (κ2) is 7.33. The number of ether oxygens (including phenoxy) is 1. The molecule has 0 aromatic heterocycles. The predicted octanol–water partition coefficient (Wildman–Crippen LogP) is 1.16. The summed E-state index contributed by atoms with van der Waals surface area (Å²) in [4.78, 5) is 24.5. The van der Waals surface area contributed by atoms with Gasteiger partial charge in [0.25, 0.3) is 0 Å². The van der Waals surface area contributed by atoms with Crippen molar-refractivity contribution in [1.82, 2.24) is 10.2 Å². The quantitative estimate of drug-likeness (QED) is 0.787. The highest BCUT2D eigenvalue weighted by molar-refractivity contribution is 5.82. The number of urea groups is 1. The number of aliphatic carboxylic acids is 1. The van der Waals surface area contributed by atoms with Gasteiger partial charge in [0.2, 0.25) is 0 Å². The monoisotopic (exact) mass is 272 g/mol. The SMILES string of the molecule is CC(C)[C@@H](NC(=O)N(C)CC1CCCOC1)C(=O)O. The largest absolute Gasteiger partial charge is 0.480 e. The molecule has 110 valence electrons. The van der Waals surface area contributed by atoms with Gasteiger partial charge in [-0.25, -0.2) is 9.59 Å². The van der Waals surface area contributed by atoms with Gasteiger partial charge in [0, 0.05) is 26.1 Å². The summed E-state index contributed by atoms with van der Waals surface area (Å²) < 4.78 is 5.37. The lowest BCUT2D eigenvalue weighted by molar-refractivity contribution is -0.140. The number of carboxylic acids is 1. The molecular formula is C13H24N2O4. The number of nitrogens with one attached hydrogen (secondary N) is 1. The van der Waals surface area contributed by atoms with Gasteiger partial charge >= 0.3 is 12.0 Å². The van der Waals surface area contributed by atoms with E-state index in [-0.39, 0.29) is 11.9 Å². The van der Waals surface area contributed by atoms with Crippen LogP contribution in [0.3, 0.4) is 0 Å². The third-order valence-corrected chi connectivity index (χ3v) is 3.35. The maximum absolute atomic E-state index is 11.9. The summed E-state index contributed by atoms with van der Waals surface area (Å²) in [6, 6.07) is -1.19. The van der Waals surface area contributed by atoms with Crippen LogP contribution in [-0.4, -0.2) is 54.9 Å². The van der Waals surface area contributed by atoms with Crippen molar-refractivity contribution >= 4 is 12.0 Å². The molecule has 0 saturated carbocycles. The lowest BCUT2D eigenvalue weighted by Gasteiger charge is -2.28. The van der Waals surface area contributed by atoms with E-state index in [2.05, 4.69) is 5.32 Å². The van der Waals surface area contributed by atoms with Gasteiger partial charge in [-0.15, -0.1) is 0 Å². The first-order valence-corrected chi connectivity index (χ1v) is 6.74. The number of rotatable bonds is 5. The molecule has 19 heavy (non-hydrogen) atoms. The van der Waals surface area contributed by atoms with E-state index in [1.807, 2.05) is 0 Å². The van der Waals surface area contributed by atoms with E-state index >= 15 is 0 Å². The summed E-state index contributed by atoms with van der Waals surface area (Å²) >= 11 is 0. The van der Waals surface area contributed by atoms with Gasteiger partial charge < -0.3 is 20.1 Å². The molecule has 0 aromatic carbocycles. The highest BCUT2D eigenvalue weighted by atomic mass is 16.5. The number of carboxylic acid groups (broad SMARTS) is 1. The first-order chi connectivity index (χ1) is 8.91. The maximum atomic E-state index is 11.9. The van der Waals surface area contributed by atoms with Crippen molar-refractivity contribution in [2.75, 3.05) is 26.8 Å². The fraction of sp³-hybridized carbons (Fsp3) is 0.846. The van der Waals surface area contributed by atoms with Gasteiger partial charge in [-0.1, -0.05) is 13.8 Å². The Morgan fingerprint density at radius 3 is 2.63 bits per heavy atom. The van der Waals surface area contributed by atoms with Crippen LogP contribution in [0.1, 0.15) is 26.7 Å². The molecule has 1 rings (SSSR count). The molecule has 0 bridgehead atoms. The Morgan fingerprint density at radius 2 is 2.16 bits per heavy atom. The van der Waals surface area contributed by atoms with Crippen molar-refractivity contribution in [1.29, 1.82) is 0 Å². The van der Waals surface area contributed by atoms with Crippen LogP contribution in [0.25, 0.3) is 0 Å². The molecule has 2 atom stereocenters. The molecular weight excluding hydrogens is 248 g/mol. The Kier molecular flexibility index (Phi) is 6.08. The van der Waals surface area contributed by atoms with E-state index < -0.39 is 12.0 Å². The van der Waals surface area contributed by atoms with Gasteiger partial charge in [-0.2, -0.15) is 0 Å². The minimum absolute atomic E-state index is 0.145. The van der Waals surface area contributed by atoms with Crippen LogP contribution in [0.4, 0.5) is 4.79 Å². The molecule has 2 amide bonds. The zero-order valence-corrected chi connectivity index (χ0v) is 11.9. The summed E-state index contributed by atoms with van der Waals surface area (Å²) in [5.74, 6) is -0.808. The first-order valence-electron chi connectivity index (χ1n) is 6.74. The summed E-state index contributed by atoms with van der Waals surface area (Å²) in [7, 11) is 1.68. The fourth-order valence-corrected chi connectivity index (χ4v) is 2.18. The highest BCUT2D eigenvalue weighted by Crippen LogP contribution is 2.14. The molecule has 1 aliphatic heterocycles. The Morgan fingerprint density at radius 1 is 1.47 bits per heavy atom. The lowest BCUT2D eigenvalue weighted by atomic mass is 10.0. The number of nitrogens with zero attached hydrogens (tertiary/aromatic N) is 1. The zero-order valence-electron chi connectivity index (χ0n) is 11.9. The Balaban J connectivity index is 2.44. The van der Waals surface area contributed by atoms with Crippen molar-refractivity contribution in [3.8, 4) is 0 Å². The average molecular weight is 272 g/mol. The summed E-state index contributed by atoms with van der Waals surface area (Å²) in [5, 5.41) is 11.6. The molecule has 6 nitrogen and oxygen atoms in total. The van der Waals surface area contributed by atoms with Crippen LogP contribution in [0, 0.1) is 11.8 Å². The number of amides is 2. The molecule has 1 heterocycles. The van der Waals surface area contributed by atoms with E-state index in [4.69, 9.17) is 9.84 Å². The topological polar surface area (TPSA) is 78.9 Å². The normalized spacial score (nSPS) is 20.9. The van der Waals surface area contributed by atoms with Crippen LogP contribution < -0.4 is 5.32 Å². The van der Waals surface area contributed by atoms with Crippen molar-refractivity contribution in [2.45, 2.75) is 32.7 Å². The van der Waals surface area contributed by atoms with Gasteiger partial charge in [0.1, 0.15) is 6.04 Å². The second-order valence-corrected chi connectivity index (χ2v) is 5.47. The van der Waals surface area contributed by atoms with E-state index in [0.29, 0.717) is 19.1 Å². The summed E-state index contributed by atoms with van der Waals surface area (Å²) in [5.41, 5.74) is 0. The van der Waals surface area contributed by atoms with Gasteiger partial charge in [-0.05, 0) is 18.8 Å². The lowest BCUT2D eigenvalue weighted by Crippen LogP contribution is -2.50. The number of carbonyl (C=O) groups excluding carboxylic acids is 1. The number of carbonyl (C=O) groups is 2. The Bertz CT molecular complexity index is 314. The van der Waals surface area contributed by atoms with E-state index in [0.717, 1.165) is 19.4 Å². The molecule has 0 radical (unpaired) electrons. The molecule has 0 aromatic rings. The molecule has 1 unspecified atom stereocenters. The minimum atomic E-state index is -1.00. The number of hydrogen-bond donors (Lipinski definition) is 2. The van der Waals surface area contributed by atoms with Crippen LogP contribution in [-0.2, 0) is 9.53 Å². The molecule has 1 aliphatic rings. The molecule has 1 saturated heterocycles.